The van der Waals surface area contributed by atoms with Gasteiger partial charge in [-0.15, -0.1) is 11.3 Å². The van der Waals surface area contributed by atoms with Gasteiger partial charge in [-0.3, -0.25) is 9.59 Å². The summed E-state index contributed by atoms with van der Waals surface area (Å²) in [5, 5.41) is 48.7. The summed E-state index contributed by atoms with van der Waals surface area (Å²) in [6.45, 7) is 13.6. The molecule has 13 heteroatoms. The van der Waals surface area contributed by atoms with E-state index in [0.717, 1.165) is 0 Å². The second-order valence-electron chi connectivity index (χ2n) is 12.8. The van der Waals surface area contributed by atoms with Crippen LogP contribution in [0.15, 0.2) is 28.7 Å². The smallest absolute Gasteiger partial charge is 0.336 e. The number of rotatable bonds is 5. The van der Waals surface area contributed by atoms with Gasteiger partial charge in [0.05, 0.1) is 12.7 Å². The molecule has 4 radical (unpaired) electrons. The largest absolute Gasteiger partial charge is 0.459 e. The van der Waals surface area contributed by atoms with Gasteiger partial charge in [0.1, 0.15) is 29.5 Å². The molecule has 4 aliphatic rings. The molecule has 3 aliphatic carbocycles. The van der Waals surface area contributed by atoms with Gasteiger partial charge in [0.15, 0.2) is 11.9 Å². The van der Waals surface area contributed by atoms with Crippen molar-refractivity contribution in [3.05, 3.63) is 40.5 Å². The second-order valence-corrected chi connectivity index (χ2v) is 13.8. The SMILES string of the molecule is [Ac].[Ac].[CH][C@@H](c1cccs1)[C@@H](O)C(=O)OC1C[C@@]2(O)[C@@H](OC(C)=O)[C@@H]3[C@]4(O)CO[C@@H]4CC[C@@]3(C)C(=O)[C@H](O)C(=C1C)C2(C)C. The summed E-state index contributed by atoms with van der Waals surface area (Å²) in [6.07, 6.45) is -6.45. The number of hydrogen-bond donors (Lipinski definition) is 4. The molecule has 0 aromatic carbocycles. The Morgan fingerprint density at radius 2 is 1.84 bits per heavy atom. The van der Waals surface area contributed by atoms with E-state index in [9.17, 15) is 34.8 Å². The summed E-state index contributed by atoms with van der Waals surface area (Å²) in [5.74, 6) is -4.56. The molecule has 10 atom stereocenters. The fourth-order valence-electron chi connectivity index (χ4n) is 7.81. The van der Waals surface area contributed by atoms with E-state index < -0.39 is 82.1 Å². The third-order valence-electron chi connectivity index (χ3n) is 10.2. The van der Waals surface area contributed by atoms with E-state index in [2.05, 4.69) is 0 Å². The van der Waals surface area contributed by atoms with Gasteiger partial charge < -0.3 is 34.6 Å². The monoisotopic (exact) mass is 1040 g/mol. The number of carbonyl (C=O) groups excluding carboxylic acids is 3. The van der Waals surface area contributed by atoms with Crippen LogP contribution in [-0.2, 0) is 28.6 Å². The first-order chi connectivity index (χ1) is 19.0. The number of fused-ring (bicyclic) bond motifs is 5. The van der Waals surface area contributed by atoms with Gasteiger partial charge in [-0.1, -0.05) is 26.8 Å². The molecule has 2 heterocycles. The van der Waals surface area contributed by atoms with Gasteiger partial charge in [0.2, 0.25) is 0 Å². The predicted molar refractivity (Wildman–Crippen MR) is 145 cm³/mol. The summed E-state index contributed by atoms with van der Waals surface area (Å²) in [7, 11) is 0. The molecule has 10 nitrogen and oxygen atoms in total. The van der Waals surface area contributed by atoms with Gasteiger partial charge in [0, 0.05) is 129 Å². The van der Waals surface area contributed by atoms with Crippen LogP contribution in [0, 0.1) is 112 Å². The molecule has 3 fully saturated rings. The molecular formula is C30H38Ac2O10S. The Kier molecular flexibility index (Phi) is 11.8. The molecule has 2 bridgehead atoms. The maximum atomic E-state index is 14.2. The molecule has 1 unspecified atom stereocenters. The number of Topliss-reactive ketones (excluding diaryl/α,β-unsaturated/α-hetero) is 1. The van der Waals surface area contributed by atoms with E-state index in [-0.39, 0.29) is 113 Å². The fraction of sp³-hybridized carbons (Fsp3) is 0.667. The van der Waals surface area contributed by atoms with Crippen LogP contribution >= 0.6 is 11.3 Å². The van der Waals surface area contributed by atoms with Crippen molar-refractivity contribution in [2.24, 2.45) is 16.7 Å². The van der Waals surface area contributed by atoms with Crippen molar-refractivity contribution >= 4 is 29.1 Å². The summed E-state index contributed by atoms with van der Waals surface area (Å²) in [4.78, 5) is 40.4. The molecule has 2 saturated carbocycles. The number of thiophene rings is 1. The molecular weight excluding hydrogens is 1010 g/mol. The molecule has 1 saturated heterocycles. The Morgan fingerprint density at radius 1 is 1.19 bits per heavy atom. The predicted octanol–water partition coefficient (Wildman–Crippen LogP) is 1.71. The van der Waals surface area contributed by atoms with Crippen molar-refractivity contribution in [2.45, 2.75) is 102 Å². The molecule has 4 N–H and O–H groups in total. The molecule has 1 aromatic rings. The summed E-state index contributed by atoms with van der Waals surface area (Å²) in [6, 6.07) is 3.41. The van der Waals surface area contributed by atoms with Gasteiger partial charge in [-0.2, -0.15) is 0 Å². The van der Waals surface area contributed by atoms with Crippen LogP contribution < -0.4 is 0 Å². The average Bonchev–Trinajstić information content (AvgIpc) is 3.43. The molecule has 5 rings (SSSR count). The van der Waals surface area contributed by atoms with E-state index in [1.165, 1.54) is 18.3 Å². The fourth-order valence-corrected chi connectivity index (χ4v) is 8.57. The number of aliphatic hydroxyl groups is 4. The van der Waals surface area contributed by atoms with E-state index in [1.807, 2.05) is 0 Å². The van der Waals surface area contributed by atoms with Crippen molar-refractivity contribution in [2.75, 3.05) is 6.61 Å². The topological polar surface area (TPSA) is 160 Å². The Balaban J connectivity index is 0.00000253. The molecule has 0 spiro atoms. The third kappa shape index (κ3) is 5.89. The molecule has 1 aliphatic heterocycles. The maximum absolute atomic E-state index is 14.2. The Labute approximate surface area is 327 Å². The Morgan fingerprint density at radius 3 is 2.37 bits per heavy atom. The van der Waals surface area contributed by atoms with Gasteiger partial charge >= 0.3 is 11.9 Å². The van der Waals surface area contributed by atoms with E-state index in [4.69, 9.17) is 21.1 Å². The standard InChI is InChI=1S/C30H38O10S.2Ac/c1-14-17(40-26(35)21(32)15(2)18-8-7-11-41-18)12-30(37)25(39-16(3)31)23-28(6,10-9-19-29(23,36)13-38-19)24(34)22(33)20(14)27(30,4)5;;/h2,7-8,11,15,17,19,21-23,25,32-33,36-37H,9-10,12-13H2,1,3-6H3;;/t15-,17?,19+,21+,22+,23-,25-,28+,29-,30+;;/m0../s1. The van der Waals surface area contributed by atoms with Crippen LogP contribution in [0.5, 0.6) is 0 Å². The number of ether oxygens (including phenoxy) is 3. The van der Waals surface area contributed by atoms with Crippen LogP contribution in [0.1, 0.15) is 64.7 Å². The number of ketones is 1. The normalized spacial score (nSPS) is 39.2. The van der Waals surface area contributed by atoms with Crippen molar-refractivity contribution in [1.82, 2.24) is 0 Å². The zero-order valence-corrected chi connectivity index (χ0v) is 35.3. The number of esters is 2. The molecule has 230 valence electrons. The average molecular weight is 1040 g/mol. The van der Waals surface area contributed by atoms with Crippen molar-refractivity contribution < 1.29 is 137 Å². The first kappa shape index (κ1) is 38.2. The quantitative estimate of drug-likeness (QED) is 0.253. The zero-order chi connectivity index (χ0) is 30.3. The van der Waals surface area contributed by atoms with E-state index in [0.29, 0.717) is 16.9 Å². The molecule has 43 heavy (non-hydrogen) atoms. The summed E-state index contributed by atoms with van der Waals surface area (Å²) < 4.78 is 17.2. The van der Waals surface area contributed by atoms with Gasteiger partial charge in [-0.05, 0) is 49.3 Å². The minimum absolute atomic E-state index is 0. The zero-order valence-electron chi connectivity index (χ0n) is 25.0. The van der Waals surface area contributed by atoms with Crippen LogP contribution in [-0.4, -0.2) is 86.5 Å². The van der Waals surface area contributed by atoms with E-state index >= 15 is 0 Å². The van der Waals surface area contributed by atoms with Crippen LogP contribution in [0.2, 0.25) is 0 Å². The van der Waals surface area contributed by atoms with Gasteiger partial charge in [-0.25, -0.2) is 4.79 Å². The minimum atomic E-state index is -2.03. The molecule has 0 amide bonds. The summed E-state index contributed by atoms with van der Waals surface area (Å²) in [5.41, 5.74) is -5.91. The summed E-state index contributed by atoms with van der Waals surface area (Å²) >= 11 is 1.27. The first-order valence-corrected chi connectivity index (χ1v) is 14.7. The minimum Gasteiger partial charge on any atom is -0.459 e. The number of hydrogen-bond acceptors (Lipinski definition) is 11. The number of aliphatic hydroxyl groups excluding tert-OH is 2. The van der Waals surface area contributed by atoms with Crippen LogP contribution in [0.3, 0.4) is 0 Å². The van der Waals surface area contributed by atoms with Crippen molar-refractivity contribution in [3.8, 4) is 0 Å². The first-order valence-electron chi connectivity index (χ1n) is 13.9. The van der Waals surface area contributed by atoms with Crippen LogP contribution in [0.4, 0.5) is 0 Å². The van der Waals surface area contributed by atoms with Gasteiger partial charge in [0.25, 0.3) is 0 Å². The molecule has 1 aromatic heterocycles. The maximum Gasteiger partial charge on any atom is 0.336 e. The Hall–Kier alpha value is 0.733. The van der Waals surface area contributed by atoms with Crippen LogP contribution in [0.25, 0.3) is 0 Å². The Bertz CT molecular complexity index is 1280. The number of carbonyl (C=O) groups is 3. The second kappa shape index (κ2) is 13.3. The van der Waals surface area contributed by atoms with Crippen molar-refractivity contribution in [1.29, 1.82) is 0 Å². The third-order valence-corrected chi connectivity index (χ3v) is 11.2. The van der Waals surface area contributed by atoms with E-state index in [1.54, 1.807) is 45.2 Å². The van der Waals surface area contributed by atoms with Crippen molar-refractivity contribution in [3.63, 3.8) is 0 Å².